The fourth-order valence-electron chi connectivity index (χ4n) is 2.06. The van der Waals surface area contributed by atoms with E-state index in [0.29, 0.717) is 4.99 Å². The number of nitrogens with two attached hydrogens (primary N) is 1. The summed E-state index contributed by atoms with van der Waals surface area (Å²) in [6.45, 7) is 2.02. The number of benzene rings is 2. The molecule has 0 amide bonds. The van der Waals surface area contributed by atoms with Gasteiger partial charge in [-0.2, -0.15) is 0 Å². The summed E-state index contributed by atoms with van der Waals surface area (Å²) in [5.41, 5.74) is 12.6. The zero-order chi connectivity index (χ0) is 14.1. The molecule has 5 heteroatoms. The smallest absolute Gasteiger partial charge is 0.106 e. The molecule has 0 saturated carbocycles. The minimum absolute atomic E-state index is 0.398. The van der Waals surface area contributed by atoms with Gasteiger partial charge in [-0.05, 0) is 37.3 Å². The van der Waals surface area contributed by atoms with Crippen molar-refractivity contribution in [2.75, 3.05) is 5.32 Å². The first-order valence-electron chi connectivity index (χ1n) is 6.14. The quantitative estimate of drug-likeness (QED) is 0.718. The minimum atomic E-state index is 0.398. The van der Waals surface area contributed by atoms with E-state index >= 15 is 0 Å². The second kappa shape index (κ2) is 5.19. The standard InChI is InChI=1S/C15H13N3S2/c1-9-2-4-12(11(6-9)15(16)19)18-10-3-5-13-14(7-10)20-8-17-13/h2-8,18H,1H3,(H2,16,19). The van der Waals surface area contributed by atoms with Gasteiger partial charge in [0.2, 0.25) is 0 Å². The summed E-state index contributed by atoms with van der Waals surface area (Å²) in [6.07, 6.45) is 0. The number of nitrogens with zero attached hydrogens (tertiary/aromatic N) is 1. The monoisotopic (exact) mass is 299 g/mol. The van der Waals surface area contributed by atoms with Crippen LogP contribution in [-0.4, -0.2) is 9.97 Å². The Kier molecular flexibility index (Phi) is 3.38. The lowest BCUT2D eigenvalue weighted by molar-refractivity contribution is 1.43. The Morgan fingerprint density at radius 1 is 1.25 bits per heavy atom. The molecule has 1 heterocycles. The van der Waals surface area contributed by atoms with Crippen molar-refractivity contribution in [1.29, 1.82) is 0 Å². The molecular formula is C15H13N3S2. The van der Waals surface area contributed by atoms with Crippen LogP contribution in [0.1, 0.15) is 11.1 Å². The lowest BCUT2D eigenvalue weighted by atomic mass is 10.1. The van der Waals surface area contributed by atoms with Crippen molar-refractivity contribution in [3.05, 3.63) is 53.0 Å². The van der Waals surface area contributed by atoms with Crippen molar-refractivity contribution in [1.82, 2.24) is 4.98 Å². The second-order valence-electron chi connectivity index (χ2n) is 4.57. The molecule has 100 valence electrons. The molecule has 0 spiro atoms. The van der Waals surface area contributed by atoms with Crippen LogP contribution >= 0.6 is 23.6 Å². The van der Waals surface area contributed by atoms with Crippen LogP contribution in [0.15, 0.2) is 41.9 Å². The highest BCUT2D eigenvalue weighted by Crippen LogP contribution is 2.26. The summed E-state index contributed by atoms with van der Waals surface area (Å²) in [7, 11) is 0. The van der Waals surface area contributed by atoms with Crippen LogP contribution < -0.4 is 11.1 Å². The number of thiazole rings is 1. The van der Waals surface area contributed by atoms with Gasteiger partial charge in [0.25, 0.3) is 0 Å². The zero-order valence-electron chi connectivity index (χ0n) is 10.9. The molecule has 0 aliphatic heterocycles. The Hall–Kier alpha value is -1.98. The van der Waals surface area contributed by atoms with Crippen LogP contribution in [0.25, 0.3) is 10.2 Å². The van der Waals surface area contributed by atoms with Crippen molar-refractivity contribution in [2.24, 2.45) is 5.73 Å². The number of nitrogens with one attached hydrogen (secondary N) is 1. The zero-order valence-corrected chi connectivity index (χ0v) is 12.5. The third-order valence-electron chi connectivity index (χ3n) is 3.05. The Morgan fingerprint density at radius 3 is 2.90 bits per heavy atom. The summed E-state index contributed by atoms with van der Waals surface area (Å²) in [4.78, 5) is 4.67. The van der Waals surface area contributed by atoms with Crippen molar-refractivity contribution in [3.8, 4) is 0 Å². The molecule has 1 aromatic heterocycles. The van der Waals surface area contributed by atoms with Crippen LogP contribution in [0.3, 0.4) is 0 Å². The molecule has 0 saturated heterocycles. The largest absolute Gasteiger partial charge is 0.389 e. The Bertz CT molecular complexity index is 793. The third kappa shape index (κ3) is 2.50. The van der Waals surface area contributed by atoms with Gasteiger partial charge in [0.05, 0.1) is 15.7 Å². The third-order valence-corrected chi connectivity index (χ3v) is 4.06. The van der Waals surface area contributed by atoms with Crippen LogP contribution in [0.5, 0.6) is 0 Å². The van der Waals surface area contributed by atoms with E-state index in [0.717, 1.165) is 32.7 Å². The van der Waals surface area contributed by atoms with E-state index < -0.39 is 0 Å². The molecule has 0 unspecified atom stereocenters. The maximum absolute atomic E-state index is 5.79. The molecule has 0 fully saturated rings. The number of hydrogen-bond donors (Lipinski definition) is 2. The Morgan fingerprint density at radius 2 is 2.10 bits per heavy atom. The van der Waals surface area contributed by atoms with Crippen molar-refractivity contribution in [2.45, 2.75) is 6.92 Å². The topological polar surface area (TPSA) is 50.9 Å². The second-order valence-corrected chi connectivity index (χ2v) is 5.90. The van der Waals surface area contributed by atoms with Gasteiger partial charge in [-0.3, -0.25) is 0 Å². The highest BCUT2D eigenvalue weighted by Gasteiger charge is 2.07. The Labute approximate surface area is 126 Å². The van der Waals surface area contributed by atoms with Gasteiger partial charge in [-0.1, -0.05) is 23.8 Å². The lowest BCUT2D eigenvalue weighted by Gasteiger charge is -2.12. The molecule has 3 rings (SSSR count). The van der Waals surface area contributed by atoms with E-state index in [-0.39, 0.29) is 0 Å². The Balaban J connectivity index is 1.99. The molecule has 20 heavy (non-hydrogen) atoms. The first-order chi connectivity index (χ1) is 9.63. The highest BCUT2D eigenvalue weighted by molar-refractivity contribution is 7.80. The van der Waals surface area contributed by atoms with Crippen LogP contribution in [0, 0.1) is 6.92 Å². The van der Waals surface area contributed by atoms with E-state index in [1.54, 1.807) is 11.3 Å². The summed E-state index contributed by atoms with van der Waals surface area (Å²) in [6, 6.07) is 12.1. The fourth-order valence-corrected chi connectivity index (χ4v) is 2.94. The minimum Gasteiger partial charge on any atom is -0.389 e. The maximum Gasteiger partial charge on any atom is 0.106 e. The number of fused-ring (bicyclic) bond motifs is 1. The van der Waals surface area contributed by atoms with Crippen molar-refractivity contribution < 1.29 is 0 Å². The van der Waals surface area contributed by atoms with E-state index in [1.807, 2.05) is 42.8 Å². The first kappa shape index (κ1) is 13.0. The van der Waals surface area contributed by atoms with E-state index in [9.17, 15) is 0 Å². The number of rotatable bonds is 3. The highest BCUT2D eigenvalue weighted by atomic mass is 32.1. The summed E-state index contributed by atoms with van der Waals surface area (Å²) >= 11 is 6.74. The molecule has 0 bridgehead atoms. The molecule has 3 N–H and O–H groups in total. The number of aromatic nitrogens is 1. The van der Waals surface area contributed by atoms with Gasteiger partial charge in [0.1, 0.15) is 4.99 Å². The van der Waals surface area contributed by atoms with E-state index in [1.165, 1.54) is 0 Å². The average Bonchev–Trinajstić information content (AvgIpc) is 2.88. The van der Waals surface area contributed by atoms with Gasteiger partial charge < -0.3 is 11.1 Å². The average molecular weight is 299 g/mol. The van der Waals surface area contributed by atoms with Gasteiger partial charge in [0, 0.05) is 16.9 Å². The molecule has 3 aromatic rings. The van der Waals surface area contributed by atoms with Crippen LogP contribution in [-0.2, 0) is 0 Å². The summed E-state index contributed by atoms with van der Waals surface area (Å²) in [5, 5.41) is 3.37. The van der Waals surface area contributed by atoms with Crippen molar-refractivity contribution in [3.63, 3.8) is 0 Å². The van der Waals surface area contributed by atoms with Gasteiger partial charge in [-0.25, -0.2) is 4.98 Å². The molecule has 0 atom stereocenters. The van der Waals surface area contributed by atoms with E-state index in [2.05, 4.69) is 16.4 Å². The fraction of sp³-hybridized carbons (Fsp3) is 0.0667. The molecular weight excluding hydrogens is 286 g/mol. The number of aryl methyl sites for hydroxylation is 1. The van der Waals surface area contributed by atoms with Crippen molar-refractivity contribution >= 4 is 50.1 Å². The normalized spacial score (nSPS) is 10.7. The van der Waals surface area contributed by atoms with E-state index in [4.69, 9.17) is 18.0 Å². The predicted octanol–water partition coefficient (Wildman–Crippen LogP) is 3.98. The molecule has 0 aliphatic rings. The molecule has 3 nitrogen and oxygen atoms in total. The van der Waals surface area contributed by atoms with Crippen LogP contribution in [0.4, 0.5) is 11.4 Å². The van der Waals surface area contributed by atoms with Gasteiger partial charge >= 0.3 is 0 Å². The first-order valence-corrected chi connectivity index (χ1v) is 7.43. The predicted molar refractivity (Wildman–Crippen MR) is 90.0 cm³/mol. The number of thiocarbonyl (C=S) groups is 1. The SMILES string of the molecule is Cc1ccc(Nc2ccc3ncsc3c2)c(C(N)=S)c1. The lowest BCUT2D eigenvalue weighted by Crippen LogP contribution is -2.12. The summed E-state index contributed by atoms with van der Waals surface area (Å²) in [5.74, 6) is 0. The number of hydrogen-bond acceptors (Lipinski definition) is 4. The van der Waals surface area contributed by atoms with Crippen LogP contribution in [0.2, 0.25) is 0 Å². The van der Waals surface area contributed by atoms with Gasteiger partial charge in [-0.15, -0.1) is 11.3 Å². The van der Waals surface area contributed by atoms with Gasteiger partial charge in [0.15, 0.2) is 0 Å². The molecule has 0 aliphatic carbocycles. The maximum atomic E-state index is 5.79. The summed E-state index contributed by atoms with van der Waals surface area (Å²) < 4.78 is 1.15. The number of anilines is 2. The molecule has 0 radical (unpaired) electrons. The molecule has 2 aromatic carbocycles.